The second-order valence-corrected chi connectivity index (χ2v) is 5.80. The zero-order valence-corrected chi connectivity index (χ0v) is 13.5. The first-order valence-corrected chi connectivity index (χ1v) is 7.81. The van der Waals surface area contributed by atoms with E-state index in [4.69, 9.17) is 11.5 Å². The van der Waals surface area contributed by atoms with Gasteiger partial charge in [-0.25, -0.2) is 18.4 Å². The van der Waals surface area contributed by atoms with Gasteiger partial charge in [-0.2, -0.15) is 10.1 Å². The zero-order chi connectivity index (χ0) is 18.3. The summed E-state index contributed by atoms with van der Waals surface area (Å²) in [6.07, 6.45) is 1.56. The Balaban J connectivity index is 1.85. The first-order valence-electron chi connectivity index (χ1n) is 7.81. The van der Waals surface area contributed by atoms with Crippen molar-refractivity contribution in [2.75, 3.05) is 11.5 Å². The van der Waals surface area contributed by atoms with Crippen molar-refractivity contribution in [1.82, 2.24) is 19.7 Å². The molecular formula is C18H14F2N6. The average Bonchev–Trinajstić information content (AvgIpc) is 3.00. The van der Waals surface area contributed by atoms with Crippen LogP contribution in [0.5, 0.6) is 0 Å². The van der Waals surface area contributed by atoms with Crippen LogP contribution in [0.4, 0.5) is 20.4 Å². The highest BCUT2D eigenvalue weighted by Crippen LogP contribution is 2.27. The number of aromatic nitrogens is 4. The van der Waals surface area contributed by atoms with E-state index in [2.05, 4.69) is 15.1 Å². The van der Waals surface area contributed by atoms with Gasteiger partial charge in [0.25, 0.3) is 0 Å². The number of nitrogens with zero attached hydrogens (tertiary/aromatic N) is 4. The number of anilines is 2. The maximum absolute atomic E-state index is 14.1. The highest BCUT2D eigenvalue weighted by molar-refractivity contribution is 5.91. The molecule has 8 heteroatoms. The summed E-state index contributed by atoms with van der Waals surface area (Å²) in [4.78, 5) is 8.48. The van der Waals surface area contributed by atoms with Crippen LogP contribution in [0, 0.1) is 11.6 Å². The lowest BCUT2D eigenvalue weighted by Gasteiger charge is -2.08. The van der Waals surface area contributed by atoms with Gasteiger partial charge < -0.3 is 11.5 Å². The molecule has 2 heterocycles. The zero-order valence-electron chi connectivity index (χ0n) is 13.5. The molecule has 0 spiro atoms. The maximum atomic E-state index is 14.1. The third-order valence-electron chi connectivity index (χ3n) is 4.03. The van der Waals surface area contributed by atoms with Gasteiger partial charge in [-0.05, 0) is 12.1 Å². The first kappa shape index (κ1) is 15.9. The van der Waals surface area contributed by atoms with Gasteiger partial charge in [0.1, 0.15) is 11.6 Å². The number of hydrogen-bond acceptors (Lipinski definition) is 5. The van der Waals surface area contributed by atoms with Gasteiger partial charge in [-0.15, -0.1) is 0 Å². The molecule has 0 aliphatic heterocycles. The van der Waals surface area contributed by atoms with E-state index in [1.165, 1.54) is 4.68 Å². The Morgan fingerprint density at radius 2 is 1.65 bits per heavy atom. The molecular weight excluding hydrogens is 338 g/mol. The van der Waals surface area contributed by atoms with Crippen LogP contribution in [0.25, 0.3) is 22.3 Å². The quantitative estimate of drug-likeness (QED) is 0.553. The van der Waals surface area contributed by atoms with E-state index < -0.39 is 11.6 Å². The molecule has 2 aromatic carbocycles. The van der Waals surface area contributed by atoms with Crippen molar-refractivity contribution in [3.63, 3.8) is 0 Å². The fourth-order valence-electron chi connectivity index (χ4n) is 2.83. The molecule has 26 heavy (non-hydrogen) atoms. The van der Waals surface area contributed by atoms with Crippen molar-refractivity contribution in [2.24, 2.45) is 0 Å². The van der Waals surface area contributed by atoms with Gasteiger partial charge in [0, 0.05) is 16.8 Å². The van der Waals surface area contributed by atoms with Gasteiger partial charge >= 0.3 is 0 Å². The van der Waals surface area contributed by atoms with E-state index in [-0.39, 0.29) is 23.7 Å². The van der Waals surface area contributed by atoms with Crippen LogP contribution in [-0.4, -0.2) is 19.7 Å². The fraction of sp³-hybridized carbons (Fsp3) is 0.0556. The topological polar surface area (TPSA) is 95.6 Å². The molecule has 0 atom stereocenters. The van der Waals surface area contributed by atoms with Gasteiger partial charge in [0.15, 0.2) is 5.65 Å². The summed E-state index contributed by atoms with van der Waals surface area (Å²) >= 11 is 0. The molecule has 4 aromatic rings. The van der Waals surface area contributed by atoms with Crippen LogP contribution in [0.1, 0.15) is 5.56 Å². The molecule has 4 N–H and O–H groups in total. The van der Waals surface area contributed by atoms with Crippen molar-refractivity contribution < 1.29 is 8.78 Å². The molecule has 0 saturated carbocycles. The summed E-state index contributed by atoms with van der Waals surface area (Å²) in [6, 6.07) is 11.6. The summed E-state index contributed by atoms with van der Waals surface area (Å²) in [5, 5.41) is 4.86. The number of rotatable bonds is 3. The molecule has 2 aromatic heterocycles. The molecule has 0 fully saturated rings. The average molecular weight is 352 g/mol. The normalized spacial score (nSPS) is 11.2. The Morgan fingerprint density at radius 3 is 2.35 bits per heavy atom. The van der Waals surface area contributed by atoms with Crippen LogP contribution < -0.4 is 11.5 Å². The molecule has 0 saturated heterocycles. The SMILES string of the molecule is Nc1cc(F)c(Cn2ncc3c(-c4ccccc4)nc(N)nc32)c(F)c1. The van der Waals surface area contributed by atoms with Crippen molar-refractivity contribution in [1.29, 1.82) is 0 Å². The van der Waals surface area contributed by atoms with Gasteiger partial charge in [-0.3, -0.25) is 0 Å². The third-order valence-corrected chi connectivity index (χ3v) is 4.03. The highest BCUT2D eigenvalue weighted by atomic mass is 19.1. The van der Waals surface area contributed by atoms with Gasteiger partial charge in [0.2, 0.25) is 5.95 Å². The summed E-state index contributed by atoms with van der Waals surface area (Å²) < 4.78 is 29.6. The van der Waals surface area contributed by atoms with Gasteiger partial charge in [-0.1, -0.05) is 30.3 Å². The minimum atomic E-state index is -0.739. The lowest BCUT2D eigenvalue weighted by Crippen LogP contribution is -2.08. The monoisotopic (exact) mass is 352 g/mol. The molecule has 4 rings (SSSR count). The summed E-state index contributed by atoms with van der Waals surface area (Å²) in [5.41, 5.74) is 13.0. The van der Waals surface area contributed by atoms with E-state index >= 15 is 0 Å². The molecule has 0 aliphatic rings. The van der Waals surface area contributed by atoms with Crippen LogP contribution >= 0.6 is 0 Å². The summed E-state index contributed by atoms with van der Waals surface area (Å²) in [6.45, 7) is -0.147. The predicted octanol–water partition coefficient (Wildman–Crippen LogP) is 2.98. The van der Waals surface area contributed by atoms with Crippen LogP contribution in [0.2, 0.25) is 0 Å². The Kier molecular flexibility index (Phi) is 3.72. The number of halogens is 2. The summed E-state index contributed by atoms with van der Waals surface area (Å²) in [7, 11) is 0. The van der Waals surface area contributed by atoms with Crippen LogP contribution in [-0.2, 0) is 6.54 Å². The summed E-state index contributed by atoms with van der Waals surface area (Å²) in [5.74, 6) is -1.43. The third kappa shape index (κ3) is 2.71. The van der Waals surface area contributed by atoms with Crippen molar-refractivity contribution in [3.05, 3.63) is 65.9 Å². The number of nitrogen functional groups attached to an aromatic ring is 2. The van der Waals surface area contributed by atoms with Crippen LogP contribution in [0.15, 0.2) is 48.7 Å². The molecule has 0 radical (unpaired) electrons. The standard InChI is InChI=1S/C18H14F2N6/c19-14-6-11(21)7-15(20)13(14)9-26-17-12(8-23-26)16(24-18(22)25-17)10-4-2-1-3-5-10/h1-8H,9,21H2,(H2,22,24,25). The fourth-order valence-corrected chi connectivity index (χ4v) is 2.83. The van der Waals surface area contributed by atoms with E-state index in [0.717, 1.165) is 17.7 Å². The molecule has 0 aliphatic carbocycles. The molecule has 0 amide bonds. The van der Waals surface area contributed by atoms with Crippen molar-refractivity contribution in [2.45, 2.75) is 6.54 Å². The van der Waals surface area contributed by atoms with Crippen molar-refractivity contribution in [3.8, 4) is 11.3 Å². The Bertz CT molecular complexity index is 1080. The Morgan fingerprint density at radius 1 is 0.962 bits per heavy atom. The molecule has 0 unspecified atom stereocenters. The maximum Gasteiger partial charge on any atom is 0.222 e. The van der Waals surface area contributed by atoms with E-state index in [1.807, 2.05) is 30.3 Å². The number of fused-ring (bicyclic) bond motifs is 1. The minimum Gasteiger partial charge on any atom is -0.399 e. The molecule has 6 nitrogen and oxygen atoms in total. The highest BCUT2D eigenvalue weighted by Gasteiger charge is 2.17. The van der Waals surface area contributed by atoms with Gasteiger partial charge in [0.05, 0.1) is 23.8 Å². The molecule has 0 bridgehead atoms. The Labute approximate surface area is 147 Å². The Hall–Kier alpha value is -3.55. The lowest BCUT2D eigenvalue weighted by atomic mass is 10.1. The van der Waals surface area contributed by atoms with E-state index in [1.54, 1.807) is 6.20 Å². The largest absolute Gasteiger partial charge is 0.399 e. The van der Waals surface area contributed by atoms with Crippen LogP contribution in [0.3, 0.4) is 0 Å². The lowest BCUT2D eigenvalue weighted by molar-refractivity contribution is 0.537. The second kappa shape index (κ2) is 6.07. The van der Waals surface area contributed by atoms with E-state index in [9.17, 15) is 8.78 Å². The first-order chi connectivity index (χ1) is 12.5. The molecule has 130 valence electrons. The van der Waals surface area contributed by atoms with Crippen molar-refractivity contribution >= 4 is 22.7 Å². The number of benzene rings is 2. The number of nitrogens with two attached hydrogens (primary N) is 2. The smallest absolute Gasteiger partial charge is 0.222 e. The second-order valence-electron chi connectivity index (χ2n) is 5.80. The minimum absolute atomic E-state index is 0.0204. The predicted molar refractivity (Wildman–Crippen MR) is 95.0 cm³/mol. The van der Waals surface area contributed by atoms with E-state index in [0.29, 0.717) is 16.7 Å². The number of hydrogen-bond donors (Lipinski definition) is 2.